The van der Waals surface area contributed by atoms with E-state index >= 15 is 0 Å². The predicted octanol–water partition coefficient (Wildman–Crippen LogP) is 2.87. The molecule has 1 rings (SSSR count). The minimum Gasteiger partial charge on any atom is -0.420 e. The average Bonchev–Trinajstić information content (AvgIpc) is 2.87. The highest BCUT2D eigenvalue weighted by Gasteiger charge is 2.21. The van der Waals surface area contributed by atoms with Gasteiger partial charge in [0.15, 0.2) is 13.5 Å². The minimum atomic E-state index is -1.62. The topological polar surface area (TPSA) is 139 Å². The Labute approximate surface area is 213 Å². The first-order chi connectivity index (χ1) is 17.1. The summed E-state index contributed by atoms with van der Waals surface area (Å²) in [5, 5.41) is 5.05. The summed E-state index contributed by atoms with van der Waals surface area (Å²) in [6.45, 7) is 10.5. The van der Waals surface area contributed by atoms with Crippen LogP contribution >= 0.6 is 11.8 Å². The Hall–Kier alpha value is -1.32. The van der Waals surface area contributed by atoms with Crippen molar-refractivity contribution in [3.05, 3.63) is 28.4 Å². The van der Waals surface area contributed by atoms with E-state index < -0.39 is 8.32 Å². The molecule has 0 saturated heterocycles. The first-order valence-electron chi connectivity index (χ1n) is 11.5. The molecule has 0 aliphatic rings. The first kappa shape index (κ1) is 31.7. The van der Waals surface area contributed by atoms with Crippen molar-refractivity contribution in [2.24, 2.45) is 5.11 Å². The van der Waals surface area contributed by atoms with Gasteiger partial charge in [-0.3, -0.25) is 0 Å². The van der Waals surface area contributed by atoms with Crippen molar-refractivity contribution in [1.29, 1.82) is 0 Å². The van der Waals surface area contributed by atoms with E-state index in [0.717, 1.165) is 16.1 Å². The van der Waals surface area contributed by atoms with Gasteiger partial charge in [-0.25, -0.2) is 9.97 Å². The third-order valence-electron chi connectivity index (χ3n) is 4.31. The van der Waals surface area contributed by atoms with E-state index in [4.69, 9.17) is 38.4 Å². The van der Waals surface area contributed by atoms with E-state index in [-0.39, 0.29) is 0 Å². The molecule has 0 aliphatic heterocycles. The van der Waals surface area contributed by atoms with Gasteiger partial charge in [0.1, 0.15) is 0 Å². The third-order valence-corrected chi connectivity index (χ3v) is 9.24. The second-order valence-corrected chi connectivity index (χ2v) is 13.4. The van der Waals surface area contributed by atoms with Crippen LogP contribution in [-0.2, 0) is 39.5 Å². The van der Waals surface area contributed by atoms with Gasteiger partial charge in [-0.05, 0) is 18.6 Å². The van der Waals surface area contributed by atoms with E-state index in [9.17, 15) is 0 Å². The minimum absolute atomic E-state index is 0.332. The predicted molar refractivity (Wildman–Crippen MR) is 135 cm³/mol. The van der Waals surface area contributed by atoms with Crippen molar-refractivity contribution in [3.8, 4) is 0 Å². The van der Waals surface area contributed by atoms with E-state index in [1.54, 1.807) is 31.3 Å². The van der Waals surface area contributed by atoms with Crippen molar-refractivity contribution in [1.82, 2.24) is 9.97 Å². The summed E-state index contributed by atoms with van der Waals surface area (Å²) in [6.07, 6.45) is 3.59. The Morgan fingerprint density at radius 2 is 1.26 bits per heavy atom. The average molecular weight is 534 g/mol. The Morgan fingerprint density at radius 1 is 0.800 bits per heavy atom. The lowest BCUT2D eigenvalue weighted by Crippen LogP contribution is -2.32. The molecule has 0 spiro atoms. The number of hydrogen-bond acceptors (Lipinski definition) is 11. The van der Waals surface area contributed by atoms with Crippen molar-refractivity contribution < 1.29 is 32.8 Å². The van der Waals surface area contributed by atoms with E-state index in [1.807, 2.05) is 0 Å². The quantitative estimate of drug-likeness (QED) is 0.0370. The molecule has 0 N–H and O–H groups in total. The summed E-state index contributed by atoms with van der Waals surface area (Å²) in [5.74, 6) is 0. The molecule has 35 heavy (non-hydrogen) atoms. The number of nitrogens with zero attached hydrogens (tertiary/aromatic N) is 5. The van der Waals surface area contributed by atoms with Crippen molar-refractivity contribution in [2.45, 2.75) is 24.9 Å². The van der Waals surface area contributed by atoms with Gasteiger partial charge in [0.25, 0.3) is 0 Å². The summed E-state index contributed by atoms with van der Waals surface area (Å²) in [4.78, 5) is 11.4. The monoisotopic (exact) mass is 533 g/mol. The molecular formula is C21H39N5O7SSi. The molecule has 0 aliphatic carbocycles. The molecule has 1 aromatic heterocycles. The van der Waals surface area contributed by atoms with Crippen LogP contribution in [0.1, 0.15) is 5.56 Å². The number of ether oxygens (including phenoxy) is 6. The molecular weight excluding hydrogens is 494 g/mol. The standard InChI is InChI=1S/C21H39N5O7SSi/c1-27-35(2,3)19-34-21-23-16-20(17-24-21)18-33-15-14-32-13-12-31-11-10-30-9-8-29-7-6-28-5-4-25-26-22/h16-17H,4-15,18-19H2,1-3H3. The lowest BCUT2D eigenvalue weighted by molar-refractivity contribution is -0.0174. The second-order valence-electron chi connectivity index (χ2n) is 7.70. The van der Waals surface area contributed by atoms with Crippen LogP contribution in [0.4, 0.5) is 0 Å². The van der Waals surface area contributed by atoms with Crippen LogP contribution < -0.4 is 0 Å². The fourth-order valence-corrected chi connectivity index (χ4v) is 4.86. The van der Waals surface area contributed by atoms with Gasteiger partial charge >= 0.3 is 0 Å². The molecule has 0 aromatic carbocycles. The molecule has 0 saturated carbocycles. The zero-order valence-corrected chi connectivity index (χ0v) is 22.9. The molecule has 12 nitrogen and oxygen atoms in total. The molecule has 0 unspecified atom stereocenters. The number of aromatic nitrogens is 2. The molecule has 0 fully saturated rings. The van der Waals surface area contributed by atoms with Gasteiger partial charge in [-0.2, -0.15) is 0 Å². The SMILES string of the molecule is CO[Si](C)(C)CSc1ncc(COCCOCCOCCOCCOCCOCCN=[N+]=[N-])cn1. The number of hydrogen-bond donors (Lipinski definition) is 0. The van der Waals surface area contributed by atoms with E-state index in [1.165, 1.54) is 0 Å². The van der Waals surface area contributed by atoms with Gasteiger partial charge in [-0.1, -0.05) is 16.9 Å². The highest BCUT2D eigenvalue weighted by Crippen LogP contribution is 2.18. The Balaban J connectivity index is 1.83. The molecule has 0 radical (unpaired) electrons. The highest BCUT2D eigenvalue weighted by molar-refractivity contribution is 8.00. The van der Waals surface area contributed by atoms with E-state index in [0.29, 0.717) is 85.8 Å². The molecule has 14 heteroatoms. The van der Waals surface area contributed by atoms with Crippen LogP contribution in [0.15, 0.2) is 22.7 Å². The number of rotatable bonds is 24. The molecule has 0 atom stereocenters. The van der Waals surface area contributed by atoms with Crippen LogP contribution in [-0.4, -0.2) is 110 Å². The van der Waals surface area contributed by atoms with Gasteiger partial charge in [0.05, 0.1) is 79.3 Å². The van der Waals surface area contributed by atoms with Gasteiger partial charge in [0.2, 0.25) is 0 Å². The highest BCUT2D eigenvalue weighted by atomic mass is 32.2. The maximum absolute atomic E-state index is 8.12. The molecule has 200 valence electrons. The van der Waals surface area contributed by atoms with Crippen LogP contribution in [0.25, 0.3) is 10.4 Å². The number of thioether (sulfide) groups is 1. The molecule has 0 amide bonds. The van der Waals surface area contributed by atoms with Crippen LogP contribution in [0.5, 0.6) is 0 Å². The lowest BCUT2D eigenvalue weighted by Gasteiger charge is -2.18. The fraction of sp³-hybridized carbons (Fsp3) is 0.810. The third kappa shape index (κ3) is 19.5. The smallest absolute Gasteiger partial charge is 0.196 e. The zero-order valence-electron chi connectivity index (χ0n) is 21.1. The van der Waals surface area contributed by atoms with E-state index in [2.05, 4.69) is 33.1 Å². The van der Waals surface area contributed by atoms with Gasteiger partial charge < -0.3 is 32.8 Å². The lowest BCUT2D eigenvalue weighted by atomic mass is 10.4. The summed E-state index contributed by atoms with van der Waals surface area (Å²) in [6, 6.07) is 0. The number of azide groups is 1. The zero-order chi connectivity index (χ0) is 25.5. The van der Waals surface area contributed by atoms with Gasteiger partial charge in [0, 0.05) is 41.9 Å². The fourth-order valence-electron chi connectivity index (χ4n) is 2.23. The van der Waals surface area contributed by atoms with Crippen LogP contribution in [0, 0.1) is 0 Å². The van der Waals surface area contributed by atoms with Crippen LogP contribution in [0.3, 0.4) is 0 Å². The van der Waals surface area contributed by atoms with Gasteiger partial charge in [-0.15, -0.1) is 0 Å². The maximum atomic E-state index is 8.12. The summed E-state index contributed by atoms with van der Waals surface area (Å²) in [5.41, 5.74) is 9.05. The second kappa shape index (κ2) is 21.9. The van der Waals surface area contributed by atoms with Crippen molar-refractivity contribution in [2.75, 3.05) is 91.7 Å². The first-order valence-corrected chi connectivity index (χ1v) is 15.6. The largest absolute Gasteiger partial charge is 0.420 e. The summed E-state index contributed by atoms with van der Waals surface area (Å²) in [7, 11) is 0.143. The van der Waals surface area contributed by atoms with Crippen molar-refractivity contribution >= 4 is 20.1 Å². The molecule has 1 heterocycles. The summed E-state index contributed by atoms with van der Waals surface area (Å²) >= 11 is 1.63. The Bertz CT molecular complexity index is 685. The molecule has 0 bridgehead atoms. The normalized spacial score (nSPS) is 11.5. The Kier molecular flexibility index (Phi) is 19.9. The maximum Gasteiger partial charge on any atom is 0.196 e. The van der Waals surface area contributed by atoms with Crippen molar-refractivity contribution in [3.63, 3.8) is 0 Å². The Morgan fingerprint density at radius 3 is 1.71 bits per heavy atom. The van der Waals surface area contributed by atoms with Crippen LogP contribution in [0.2, 0.25) is 13.1 Å². The summed E-state index contributed by atoms with van der Waals surface area (Å²) < 4.78 is 38.1. The molecule has 1 aromatic rings.